The van der Waals surface area contributed by atoms with Crippen LogP contribution < -0.4 is 10.5 Å². The van der Waals surface area contributed by atoms with Crippen LogP contribution in [0, 0.1) is 11.8 Å². The van der Waals surface area contributed by atoms with E-state index in [9.17, 15) is 8.42 Å². The third-order valence-electron chi connectivity index (χ3n) is 4.15. The summed E-state index contributed by atoms with van der Waals surface area (Å²) in [4.78, 5) is 3.90. The van der Waals surface area contributed by atoms with Gasteiger partial charge in [-0.2, -0.15) is 0 Å². The fourth-order valence-corrected chi connectivity index (χ4v) is 4.33. The number of sulfonamides is 1. The second kappa shape index (κ2) is 5.46. The lowest BCUT2D eigenvalue weighted by Crippen LogP contribution is -2.37. The van der Waals surface area contributed by atoms with E-state index < -0.39 is 10.0 Å². The average Bonchev–Trinajstić information content (AvgIpc) is 2.70. The number of nitrogen functional groups attached to an aromatic ring is 1. The van der Waals surface area contributed by atoms with E-state index in [-0.39, 0.29) is 16.8 Å². The molecule has 0 aliphatic heterocycles. The molecule has 3 atom stereocenters. The maximum absolute atomic E-state index is 12.3. The molecule has 1 fully saturated rings. The summed E-state index contributed by atoms with van der Waals surface area (Å²) in [5, 5.41) is 0. The van der Waals surface area contributed by atoms with Gasteiger partial charge in [0.15, 0.2) is 0 Å². The minimum absolute atomic E-state index is 0.00504. The predicted octanol–water partition coefficient (Wildman–Crippen LogP) is 1.77. The number of nitrogens with two attached hydrogens (primary N) is 1. The predicted molar refractivity (Wildman–Crippen MR) is 74.9 cm³/mol. The van der Waals surface area contributed by atoms with Crippen LogP contribution in [0.3, 0.4) is 0 Å². The van der Waals surface area contributed by atoms with E-state index in [1.165, 1.54) is 12.3 Å². The molecule has 2 rings (SSSR count). The van der Waals surface area contributed by atoms with Crippen molar-refractivity contribution in [2.45, 2.75) is 44.0 Å². The molecule has 3 unspecified atom stereocenters. The summed E-state index contributed by atoms with van der Waals surface area (Å²) in [6.45, 7) is 4.26. The van der Waals surface area contributed by atoms with E-state index in [1.807, 2.05) is 0 Å². The highest BCUT2D eigenvalue weighted by atomic mass is 32.2. The Bertz CT molecular complexity index is 545. The van der Waals surface area contributed by atoms with Crippen LogP contribution in [0.25, 0.3) is 0 Å². The number of pyridine rings is 1. The van der Waals surface area contributed by atoms with E-state index in [4.69, 9.17) is 5.73 Å². The normalized spacial score (nSPS) is 27.6. The number of nitrogens with zero attached hydrogens (tertiary/aromatic N) is 1. The molecule has 0 aromatic carbocycles. The summed E-state index contributed by atoms with van der Waals surface area (Å²) in [5.74, 6) is 1.00. The van der Waals surface area contributed by atoms with Crippen LogP contribution in [0.1, 0.15) is 33.1 Å². The van der Waals surface area contributed by atoms with Gasteiger partial charge in [0.05, 0.1) is 0 Å². The number of nitrogens with one attached hydrogen (secondary N) is 1. The smallest absolute Gasteiger partial charge is 0.244 e. The van der Waals surface area contributed by atoms with E-state index >= 15 is 0 Å². The molecule has 0 radical (unpaired) electrons. The Balaban J connectivity index is 2.17. The van der Waals surface area contributed by atoms with Gasteiger partial charge in [0.1, 0.15) is 10.7 Å². The van der Waals surface area contributed by atoms with Crippen molar-refractivity contribution in [1.29, 1.82) is 0 Å². The van der Waals surface area contributed by atoms with Crippen LogP contribution >= 0.6 is 0 Å². The monoisotopic (exact) mass is 283 g/mol. The second-order valence-electron chi connectivity index (χ2n) is 5.22. The fraction of sp³-hybridized carbons (Fsp3) is 0.615. The molecule has 1 aliphatic rings. The van der Waals surface area contributed by atoms with Crippen molar-refractivity contribution in [1.82, 2.24) is 9.71 Å². The third-order valence-corrected chi connectivity index (χ3v) is 5.68. The Hall–Kier alpha value is -1.14. The molecule has 1 aromatic rings. The van der Waals surface area contributed by atoms with Crippen molar-refractivity contribution in [2.75, 3.05) is 5.73 Å². The standard InChI is InChI=1S/C13H21N3O2S/c1-3-10-6-7-11(9(10)2)16-19(17,18)12-5-4-8-15-13(12)14/h4-5,8-11,16H,3,6-7H2,1-2H3,(H2,14,15). The molecule has 1 heterocycles. The minimum atomic E-state index is -3.58. The quantitative estimate of drug-likeness (QED) is 0.882. The molecule has 1 aromatic heterocycles. The summed E-state index contributed by atoms with van der Waals surface area (Å²) in [7, 11) is -3.58. The van der Waals surface area contributed by atoms with Crippen LogP contribution in [-0.4, -0.2) is 19.4 Å². The first-order valence-electron chi connectivity index (χ1n) is 6.68. The zero-order valence-corrected chi connectivity index (χ0v) is 12.2. The van der Waals surface area contributed by atoms with Gasteiger partial charge in [0.25, 0.3) is 0 Å². The first kappa shape index (κ1) is 14.3. The van der Waals surface area contributed by atoms with Gasteiger partial charge in [-0.3, -0.25) is 0 Å². The van der Waals surface area contributed by atoms with Crippen LogP contribution in [-0.2, 0) is 10.0 Å². The molecule has 1 aliphatic carbocycles. The van der Waals surface area contributed by atoms with Crippen molar-refractivity contribution in [3.05, 3.63) is 18.3 Å². The summed E-state index contributed by atoms with van der Waals surface area (Å²) >= 11 is 0. The summed E-state index contributed by atoms with van der Waals surface area (Å²) < 4.78 is 27.4. The van der Waals surface area contributed by atoms with Crippen molar-refractivity contribution >= 4 is 15.8 Å². The molecular weight excluding hydrogens is 262 g/mol. The minimum Gasteiger partial charge on any atom is -0.383 e. The zero-order chi connectivity index (χ0) is 14.0. The molecule has 106 valence electrons. The zero-order valence-electron chi connectivity index (χ0n) is 11.3. The first-order chi connectivity index (χ1) is 8.95. The molecule has 0 bridgehead atoms. The molecule has 0 saturated heterocycles. The van der Waals surface area contributed by atoms with Gasteiger partial charge in [-0.25, -0.2) is 18.1 Å². The highest BCUT2D eigenvalue weighted by molar-refractivity contribution is 7.89. The van der Waals surface area contributed by atoms with Gasteiger partial charge in [-0.05, 0) is 36.8 Å². The lowest BCUT2D eigenvalue weighted by molar-refractivity contribution is 0.368. The Kier molecular flexibility index (Phi) is 4.10. The van der Waals surface area contributed by atoms with E-state index in [2.05, 4.69) is 23.6 Å². The van der Waals surface area contributed by atoms with E-state index in [0.29, 0.717) is 11.8 Å². The molecule has 6 heteroatoms. The lowest BCUT2D eigenvalue weighted by Gasteiger charge is -2.21. The number of hydrogen-bond acceptors (Lipinski definition) is 4. The molecule has 3 N–H and O–H groups in total. The molecule has 0 spiro atoms. The van der Waals surface area contributed by atoms with Gasteiger partial charge in [0.2, 0.25) is 10.0 Å². The number of rotatable bonds is 4. The van der Waals surface area contributed by atoms with Gasteiger partial charge >= 0.3 is 0 Å². The molecular formula is C13H21N3O2S. The number of aromatic nitrogens is 1. The van der Waals surface area contributed by atoms with Crippen molar-refractivity contribution in [3.63, 3.8) is 0 Å². The number of hydrogen-bond donors (Lipinski definition) is 2. The number of anilines is 1. The average molecular weight is 283 g/mol. The maximum Gasteiger partial charge on any atom is 0.244 e. The van der Waals surface area contributed by atoms with E-state index in [0.717, 1.165) is 19.3 Å². The molecule has 0 amide bonds. The summed E-state index contributed by atoms with van der Waals surface area (Å²) in [5.41, 5.74) is 5.64. The molecule has 19 heavy (non-hydrogen) atoms. The third kappa shape index (κ3) is 2.90. The Morgan fingerprint density at radius 2 is 2.21 bits per heavy atom. The Labute approximate surface area is 114 Å². The maximum atomic E-state index is 12.3. The van der Waals surface area contributed by atoms with Crippen LogP contribution in [0.15, 0.2) is 23.2 Å². The van der Waals surface area contributed by atoms with Crippen LogP contribution in [0.4, 0.5) is 5.82 Å². The molecule has 1 saturated carbocycles. The van der Waals surface area contributed by atoms with Crippen molar-refractivity contribution < 1.29 is 8.42 Å². The second-order valence-corrected chi connectivity index (χ2v) is 6.90. The highest BCUT2D eigenvalue weighted by Gasteiger charge is 2.34. The van der Waals surface area contributed by atoms with E-state index in [1.54, 1.807) is 6.07 Å². The largest absolute Gasteiger partial charge is 0.383 e. The molecule has 5 nitrogen and oxygen atoms in total. The topological polar surface area (TPSA) is 85.1 Å². The fourth-order valence-electron chi connectivity index (χ4n) is 2.88. The van der Waals surface area contributed by atoms with Gasteiger partial charge in [0, 0.05) is 12.2 Å². The van der Waals surface area contributed by atoms with Crippen LogP contribution in [0.5, 0.6) is 0 Å². The Morgan fingerprint density at radius 1 is 1.47 bits per heavy atom. The SMILES string of the molecule is CCC1CCC(NS(=O)(=O)c2cccnc2N)C1C. The van der Waals surface area contributed by atoms with Gasteiger partial charge < -0.3 is 5.73 Å². The lowest BCUT2D eigenvalue weighted by atomic mass is 9.94. The van der Waals surface area contributed by atoms with Gasteiger partial charge in [-0.1, -0.05) is 20.3 Å². The van der Waals surface area contributed by atoms with Gasteiger partial charge in [-0.15, -0.1) is 0 Å². The van der Waals surface area contributed by atoms with Crippen molar-refractivity contribution in [2.24, 2.45) is 11.8 Å². The Morgan fingerprint density at radius 3 is 2.79 bits per heavy atom. The first-order valence-corrected chi connectivity index (χ1v) is 8.17. The summed E-state index contributed by atoms with van der Waals surface area (Å²) in [6.07, 6.45) is 4.54. The summed E-state index contributed by atoms with van der Waals surface area (Å²) in [6, 6.07) is 3.06. The highest BCUT2D eigenvalue weighted by Crippen LogP contribution is 2.34. The van der Waals surface area contributed by atoms with Crippen molar-refractivity contribution in [3.8, 4) is 0 Å². The van der Waals surface area contributed by atoms with Crippen LogP contribution in [0.2, 0.25) is 0 Å².